The number of aromatic amines is 1. The number of carbonyl (C=O) groups is 2. The first-order valence-electron chi connectivity index (χ1n) is 9.98. The number of carbonyl (C=O) groups excluding carboxylic acids is 2. The number of benzene rings is 2. The van der Waals surface area contributed by atoms with Crippen molar-refractivity contribution in [2.24, 2.45) is 5.92 Å². The molecule has 1 fully saturated rings. The van der Waals surface area contributed by atoms with Gasteiger partial charge in [-0.3, -0.25) is 20.1 Å². The molecule has 0 bridgehead atoms. The van der Waals surface area contributed by atoms with Crippen LogP contribution in [0.4, 0.5) is 14.9 Å². The minimum absolute atomic E-state index is 0.0497. The first kappa shape index (κ1) is 20.0. The zero-order chi connectivity index (χ0) is 20.9. The third-order valence-corrected chi connectivity index (χ3v) is 5.45. The van der Waals surface area contributed by atoms with E-state index in [0.717, 1.165) is 36.8 Å². The van der Waals surface area contributed by atoms with Gasteiger partial charge in [0.15, 0.2) is 5.78 Å². The van der Waals surface area contributed by atoms with Crippen molar-refractivity contribution in [1.29, 1.82) is 0 Å². The van der Waals surface area contributed by atoms with Crippen LogP contribution in [0.5, 0.6) is 0 Å². The molecule has 4 rings (SSSR count). The van der Waals surface area contributed by atoms with Gasteiger partial charge in [0, 0.05) is 23.4 Å². The van der Waals surface area contributed by atoms with E-state index >= 15 is 0 Å². The first-order valence-corrected chi connectivity index (χ1v) is 9.98. The minimum atomic E-state index is -0.509. The fourth-order valence-electron chi connectivity index (χ4n) is 3.76. The number of halogens is 1. The quantitative estimate of drug-likeness (QED) is 0.603. The van der Waals surface area contributed by atoms with Crippen LogP contribution in [0.25, 0.3) is 10.9 Å². The Kier molecular flexibility index (Phi) is 6.04. The molecule has 2 aromatic carbocycles. The Labute approximate surface area is 173 Å². The molecule has 156 valence electrons. The number of likely N-dealkylation sites (tertiary alicyclic amines) is 1. The number of ether oxygens (including phenoxy) is 1. The van der Waals surface area contributed by atoms with E-state index in [4.69, 9.17) is 4.74 Å². The predicted molar refractivity (Wildman–Crippen MR) is 111 cm³/mol. The number of ketones is 1. The summed E-state index contributed by atoms with van der Waals surface area (Å²) in [6.07, 6.45) is 2.63. The topological polar surface area (TPSA) is 87.3 Å². The standard InChI is InChI=1S/C22H23FN4O3/c23-17-6-4-15(5-7-17)21(28)16-8-10-27(11-9-16)12-13-30-22(29)25-19-2-1-3-20-18(19)14-24-26-20/h1-7,14,16H,8-13H2,(H,24,26)(H,25,29). The zero-order valence-electron chi connectivity index (χ0n) is 16.4. The molecule has 7 nitrogen and oxygen atoms in total. The number of Topliss-reactive ketones (excluding diaryl/α,β-unsaturated/α-hetero) is 1. The Hall–Kier alpha value is -3.26. The van der Waals surface area contributed by atoms with E-state index in [1.54, 1.807) is 24.4 Å². The molecule has 0 atom stereocenters. The second-order valence-electron chi connectivity index (χ2n) is 7.38. The Bertz CT molecular complexity index is 1030. The largest absolute Gasteiger partial charge is 0.448 e. The molecule has 0 unspecified atom stereocenters. The summed E-state index contributed by atoms with van der Waals surface area (Å²) >= 11 is 0. The van der Waals surface area contributed by atoms with Crippen LogP contribution < -0.4 is 5.32 Å². The third-order valence-electron chi connectivity index (χ3n) is 5.45. The van der Waals surface area contributed by atoms with Crippen molar-refractivity contribution in [2.45, 2.75) is 12.8 Å². The van der Waals surface area contributed by atoms with Gasteiger partial charge in [-0.15, -0.1) is 0 Å². The summed E-state index contributed by atoms with van der Waals surface area (Å²) in [6, 6.07) is 11.2. The fourth-order valence-corrected chi connectivity index (χ4v) is 3.76. The molecular weight excluding hydrogens is 387 g/mol. The number of amides is 1. The summed E-state index contributed by atoms with van der Waals surface area (Å²) in [5.41, 5.74) is 2.04. The Morgan fingerprint density at radius 1 is 1.17 bits per heavy atom. The summed E-state index contributed by atoms with van der Waals surface area (Å²) in [4.78, 5) is 26.8. The van der Waals surface area contributed by atoms with Crippen molar-refractivity contribution < 1.29 is 18.7 Å². The maximum absolute atomic E-state index is 13.0. The van der Waals surface area contributed by atoms with Gasteiger partial charge in [-0.25, -0.2) is 9.18 Å². The van der Waals surface area contributed by atoms with Crippen LogP contribution in [-0.2, 0) is 4.74 Å². The highest BCUT2D eigenvalue weighted by Crippen LogP contribution is 2.23. The third kappa shape index (κ3) is 4.65. The number of fused-ring (bicyclic) bond motifs is 1. The first-order chi connectivity index (χ1) is 14.6. The second-order valence-corrected chi connectivity index (χ2v) is 7.38. The van der Waals surface area contributed by atoms with Gasteiger partial charge < -0.3 is 4.74 Å². The van der Waals surface area contributed by atoms with Gasteiger partial charge in [0.05, 0.1) is 17.4 Å². The van der Waals surface area contributed by atoms with E-state index in [9.17, 15) is 14.0 Å². The Morgan fingerprint density at radius 3 is 2.70 bits per heavy atom. The summed E-state index contributed by atoms with van der Waals surface area (Å²) in [7, 11) is 0. The van der Waals surface area contributed by atoms with E-state index in [1.165, 1.54) is 12.1 Å². The molecule has 30 heavy (non-hydrogen) atoms. The molecule has 0 radical (unpaired) electrons. The predicted octanol–water partition coefficient (Wildman–Crippen LogP) is 3.85. The van der Waals surface area contributed by atoms with E-state index in [1.807, 2.05) is 12.1 Å². The lowest BCUT2D eigenvalue weighted by atomic mass is 9.89. The zero-order valence-corrected chi connectivity index (χ0v) is 16.4. The van der Waals surface area contributed by atoms with Gasteiger partial charge in [-0.2, -0.15) is 5.10 Å². The van der Waals surface area contributed by atoms with Gasteiger partial charge in [0.25, 0.3) is 0 Å². The van der Waals surface area contributed by atoms with Crippen LogP contribution >= 0.6 is 0 Å². The molecule has 3 aromatic rings. The molecule has 1 aromatic heterocycles. The monoisotopic (exact) mass is 410 g/mol. The van der Waals surface area contributed by atoms with Gasteiger partial charge in [-0.1, -0.05) is 6.07 Å². The number of piperidine rings is 1. The summed E-state index contributed by atoms with van der Waals surface area (Å²) in [5, 5.41) is 10.4. The van der Waals surface area contributed by atoms with Crippen LogP contribution in [0.2, 0.25) is 0 Å². The Balaban J connectivity index is 1.19. The van der Waals surface area contributed by atoms with E-state index in [0.29, 0.717) is 17.8 Å². The number of nitrogens with one attached hydrogen (secondary N) is 2. The SMILES string of the molecule is O=C(Nc1cccc2[nH]ncc12)OCCN1CCC(C(=O)c2ccc(F)cc2)CC1. The molecule has 2 heterocycles. The molecule has 0 spiro atoms. The molecular formula is C22H23FN4O3. The highest BCUT2D eigenvalue weighted by Gasteiger charge is 2.25. The van der Waals surface area contributed by atoms with E-state index in [-0.39, 0.29) is 24.1 Å². The van der Waals surface area contributed by atoms with E-state index in [2.05, 4.69) is 20.4 Å². The molecule has 2 N–H and O–H groups in total. The van der Waals surface area contributed by atoms with Crippen LogP contribution in [0.3, 0.4) is 0 Å². The number of nitrogens with zero attached hydrogens (tertiary/aromatic N) is 2. The van der Waals surface area contributed by atoms with Crippen LogP contribution in [-0.4, -0.2) is 53.2 Å². The molecule has 0 aliphatic carbocycles. The molecule has 0 saturated carbocycles. The van der Waals surface area contributed by atoms with Crippen LogP contribution in [0.1, 0.15) is 23.2 Å². The Morgan fingerprint density at radius 2 is 1.93 bits per heavy atom. The van der Waals surface area contributed by atoms with Crippen molar-refractivity contribution >= 4 is 28.5 Å². The van der Waals surface area contributed by atoms with Gasteiger partial charge >= 0.3 is 6.09 Å². The maximum atomic E-state index is 13.0. The smallest absolute Gasteiger partial charge is 0.411 e. The lowest BCUT2D eigenvalue weighted by molar-refractivity contribution is 0.0813. The minimum Gasteiger partial charge on any atom is -0.448 e. The van der Waals surface area contributed by atoms with Crippen molar-refractivity contribution in [2.75, 3.05) is 31.6 Å². The molecule has 1 saturated heterocycles. The molecule has 1 amide bonds. The summed E-state index contributed by atoms with van der Waals surface area (Å²) in [6.45, 7) is 2.40. The normalized spacial score (nSPS) is 15.2. The number of rotatable bonds is 6. The van der Waals surface area contributed by atoms with Gasteiger partial charge in [-0.05, 0) is 62.3 Å². The lowest BCUT2D eigenvalue weighted by Gasteiger charge is -2.31. The van der Waals surface area contributed by atoms with Crippen molar-refractivity contribution in [3.8, 4) is 0 Å². The molecule has 1 aliphatic rings. The van der Waals surface area contributed by atoms with Gasteiger partial charge in [0.1, 0.15) is 12.4 Å². The highest BCUT2D eigenvalue weighted by atomic mass is 19.1. The number of H-pyrrole nitrogens is 1. The van der Waals surface area contributed by atoms with Crippen molar-refractivity contribution in [3.05, 3.63) is 60.0 Å². The molecule has 1 aliphatic heterocycles. The number of aromatic nitrogens is 2. The van der Waals surface area contributed by atoms with Crippen molar-refractivity contribution in [1.82, 2.24) is 15.1 Å². The maximum Gasteiger partial charge on any atom is 0.411 e. The number of hydrogen-bond acceptors (Lipinski definition) is 5. The average molecular weight is 410 g/mol. The highest BCUT2D eigenvalue weighted by molar-refractivity contribution is 5.98. The number of anilines is 1. The average Bonchev–Trinajstić information content (AvgIpc) is 3.24. The van der Waals surface area contributed by atoms with Crippen LogP contribution in [0.15, 0.2) is 48.7 Å². The summed E-state index contributed by atoms with van der Waals surface area (Å²) < 4.78 is 18.3. The lowest BCUT2D eigenvalue weighted by Crippen LogP contribution is -2.38. The second kappa shape index (κ2) is 9.04. The van der Waals surface area contributed by atoms with Crippen molar-refractivity contribution in [3.63, 3.8) is 0 Å². The van der Waals surface area contributed by atoms with Crippen LogP contribution in [0, 0.1) is 11.7 Å². The fraction of sp³-hybridized carbons (Fsp3) is 0.318. The molecule has 8 heteroatoms. The van der Waals surface area contributed by atoms with E-state index < -0.39 is 6.09 Å². The summed E-state index contributed by atoms with van der Waals surface area (Å²) in [5.74, 6) is -0.322. The van der Waals surface area contributed by atoms with Gasteiger partial charge in [0.2, 0.25) is 0 Å². The number of hydrogen-bond donors (Lipinski definition) is 2.